The number of pyridine rings is 1. The van der Waals surface area contributed by atoms with Gasteiger partial charge in [0.05, 0.1) is 0 Å². The highest BCUT2D eigenvalue weighted by Gasteiger charge is 2.13. The lowest BCUT2D eigenvalue weighted by Gasteiger charge is -2.13. The van der Waals surface area contributed by atoms with Crippen LogP contribution in [-0.2, 0) is 0 Å². The molecule has 0 unspecified atom stereocenters. The molecule has 0 atom stereocenters. The maximum Gasteiger partial charge on any atom is 0.386 e. The van der Waals surface area contributed by atoms with Gasteiger partial charge in [0.2, 0.25) is 0 Å². The van der Waals surface area contributed by atoms with Crippen LogP contribution < -0.4 is 5.32 Å². The molecule has 0 amide bonds. The molecule has 96 valence electrons. The van der Waals surface area contributed by atoms with Crippen molar-refractivity contribution >= 4 is 11.5 Å². The second-order valence-electron chi connectivity index (χ2n) is 4.42. The van der Waals surface area contributed by atoms with Gasteiger partial charge in [0, 0.05) is 6.54 Å². The Kier molecular flexibility index (Phi) is 4.28. The van der Waals surface area contributed by atoms with Crippen molar-refractivity contribution in [3.8, 4) is 0 Å². The van der Waals surface area contributed by atoms with Crippen LogP contribution in [0, 0.1) is 10.1 Å². The third-order valence-electron chi connectivity index (χ3n) is 3.11. The quantitative estimate of drug-likeness (QED) is 0.492. The number of nitrogens with zero attached hydrogens (tertiary/aromatic N) is 2. The molecule has 0 aromatic carbocycles. The van der Waals surface area contributed by atoms with Crippen molar-refractivity contribution in [2.24, 2.45) is 0 Å². The van der Waals surface area contributed by atoms with Crippen LogP contribution in [0.5, 0.6) is 0 Å². The van der Waals surface area contributed by atoms with Crippen molar-refractivity contribution < 1.29 is 4.92 Å². The van der Waals surface area contributed by atoms with Crippen LogP contribution in [0.1, 0.15) is 32.1 Å². The van der Waals surface area contributed by atoms with E-state index in [1.165, 1.54) is 31.0 Å². The number of nitrogens with one attached hydrogen (secondary N) is 1. The molecular weight excluding hydrogens is 230 g/mol. The van der Waals surface area contributed by atoms with Crippen LogP contribution in [0.15, 0.2) is 30.0 Å². The molecule has 1 aromatic rings. The topological polar surface area (TPSA) is 68.1 Å². The number of hydrogen-bond acceptors (Lipinski definition) is 4. The largest absolute Gasteiger partial charge is 0.386 e. The maximum atomic E-state index is 10.8. The summed E-state index contributed by atoms with van der Waals surface area (Å²) in [5, 5.41) is 13.9. The van der Waals surface area contributed by atoms with Crippen molar-refractivity contribution in [1.29, 1.82) is 0 Å². The molecule has 0 fully saturated rings. The Labute approximate surface area is 106 Å². The first kappa shape index (κ1) is 12.5. The van der Waals surface area contributed by atoms with Crippen LogP contribution in [-0.4, -0.2) is 16.5 Å². The van der Waals surface area contributed by atoms with Gasteiger partial charge in [-0.3, -0.25) is 0 Å². The normalized spacial score (nSPS) is 15.0. The third-order valence-corrected chi connectivity index (χ3v) is 3.11. The maximum absolute atomic E-state index is 10.8. The highest BCUT2D eigenvalue weighted by atomic mass is 16.6. The van der Waals surface area contributed by atoms with Gasteiger partial charge in [0.15, 0.2) is 0 Å². The van der Waals surface area contributed by atoms with E-state index < -0.39 is 4.92 Å². The van der Waals surface area contributed by atoms with Crippen molar-refractivity contribution in [1.82, 2.24) is 4.98 Å². The van der Waals surface area contributed by atoms with Crippen LogP contribution >= 0.6 is 0 Å². The van der Waals surface area contributed by atoms with E-state index in [9.17, 15) is 10.1 Å². The molecule has 0 radical (unpaired) electrons. The first-order valence-electron chi connectivity index (χ1n) is 6.28. The molecule has 2 rings (SSSR count). The number of nitro groups is 1. The number of hydrogen-bond donors (Lipinski definition) is 1. The van der Waals surface area contributed by atoms with Gasteiger partial charge in [-0.2, -0.15) is 0 Å². The second-order valence-corrected chi connectivity index (χ2v) is 4.42. The Bertz CT molecular complexity index is 457. The molecule has 5 heteroatoms. The number of aromatic nitrogens is 1. The molecule has 1 aromatic heterocycles. The highest BCUT2D eigenvalue weighted by Crippen LogP contribution is 2.22. The minimum absolute atomic E-state index is 0.102. The third kappa shape index (κ3) is 3.29. The van der Waals surface area contributed by atoms with Gasteiger partial charge in [0.25, 0.3) is 0 Å². The molecule has 0 spiro atoms. The average Bonchev–Trinajstić information content (AvgIpc) is 2.40. The molecular formula is C13H17N3O2. The zero-order valence-electron chi connectivity index (χ0n) is 10.3. The summed E-state index contributed by atoms with van der Waals surface area (Å²) in [4.78, 5) is 14.1. The van der Waals surface area contributed by atoms with Gasteiger partial charge in [-0.1, -0.05) is 11.6 Å². The minimum atomic E-state index is -0.456. The van der Waals surface area contributed by atoms with E-state index in [1.807, 2.05) is 0 Å². The Morgan fingerprint density at radius 2 is 2.33 bits per heavy atom. The highest BCUT2D eigenvalue weighted by molar-refractivity contribution is 5.56. The average molecular weight is 247 g/mol. The van der Waals surface area contributed by atoms with Gasteiger partial charge < -0.3 is 15.4 Å². The smallest absolute Gasteiger partial charge is 0.378 e. The van der Waals surface area contributed by atoms with Crippen LogP contribution in [0.25, 0.3) is 0 Å². The van der Waals surface area contributed by atoms with Gasteiger partial charge in [-0.25, -0.2) is 0 Å². The SMILES string of the molecule is O=[N+]([O-])c1ncccc1NCCC1=CCCCC1. The first-order valence-corrected chi connectivity index (χ1v) is 6.28. The molecule has 0 aliphatic heterocycles. The van der Waals surface area contributed by atoms with E-state index in [0.717, 1.165) is 19.4 Å². The summed E-state index contributed by atoms with van der Waals surface area (Å²) in [6, 6.07) is 3.40. The summed E-state index contributed by atoms with van der Waals surface area (Å²) in [5.74, 6) is -0.102. The molecule has 0 bridgehead atoms. The molecule has 1 aliphatic carbocycles. The summed E-state index contributed by atoms with van der Waals surface area (Å²) in [6.45, 7) is 0.721. The lowest BCUT2D eigenvalue weighted by Crippen LogP contribution is -2.07. The number of anilines is 1. The van der Waals surface area contributed by atoms with Crippen LogP contribution in [0.4, 0.5) is 11.5 Å². The van der Waals surface area contributed by atoms with Crippen molar-refractivity contribution in [2.75, 3.05) is 11.9 Å². The van der Waals surface area contributed by atoms with Crippen LogP contribution in [0.3, 0.4) is 0 Å². The number of rotatable bonds is 5. The fourth-order valence-electron chi connectivity index (χ4n) is 2.17. The minimum Gasteiger partial charge on any atom is -0.378 e. The van der Waals surface area contributed by atoms with E-state index in [2.05, 4.69) is 16.4 Å². The van der Waals surface area contributed by atoms with E-state index in [-0.39, 0.29) is 5.82 Å². The summed E-state index contributed by atoms with van der Waals surface area (Å²) in [5.41, 5.74) is 1.96. The Hall–Kier alpha value is -1.91. The predicted octanol–water partition coefficient (Wildman–Crippen LogP) is 3.29. The predicted molar refractivity (Wildman–Crippen MR) is 70.5 cm³/mol. The molecule has 18 heavy (non-hydrogen) atoms. The Morgan fingerprint density at radius 3 is 3.06 bits per heavy atom. The second kappa shape index (κ2) is 6.14. The monoisotopic (exact) mass is 247 g/mol. The molecule has 5 nitrogen and oxygen atoms in total. The van der Waals surface area contributed by atoms with E-state index in [4.69, 9.17) is 0 Å². The van der Waals surface area contributed by atoms with E-state index in [0.29, 0.717) is 5.69 Å². The standard InChI is InChI=1S/C13H17N3O2/c17-16(18)13-12(7-4-9-15-13)14-10-8-11-5-2-1-3-6-11/h4-5,7,9,14H,1-3,6,8,10H2. The summed E-state index contributed by atoms with van der Waals surface area (Å²) in [7, 11) is 0. The lowest BCUT2D eigenvalue weighted by molar-refractivity contribution is -0.388. The van der Waals surface area contributed by atoms with Gasteiger partial charge >= 0.3 is 5.82 Å². The molecule has 1 heterocycles. The lowest BCUT2D eigenvalue weighted by atomic mass is 9.97. The fourth-order valence-corrected chi connectivity index (χ4v) is 2.17. The van der Waals surface area contributed by atoms with Gasteiger partial charge in [0.1, 0.15) is 11.9 Å². The van der Waals surface area contributed by atoms with E-state index in [1.54, 1.807) is 12.1 Å². The fraction of sp³-hybridized carbons (Fsp3) is 0.462. The summed E-state index contributed by atoms with van der Waals surface area (Å²) in [6.07, 6.45) is 9.56. The first-order chi connectivity index (χ1) is 8.77. The van der Waals surface area contributed by atoms with E-state index >= 15 is 0 Å². The molecule has 1 N–H and O–H groups in total. The van der Waals surface area contributed by atoms with Crippen LogP contribution in [0.2, 0.25) is 0 Å². The Balaban J connectivity index is 1.90. The molecule has 0 saturated carbocycles. The summed E-state index contributed by atoms with van der Waals surface area (Å²) >= 11 is 0. The molecule has 1 aliphatic rings. The summed E-state index contributed by atoms with van der Waals surface area (Å²) < 4.78 is 0. The van der Waals surface area contributed by atoms with Crippen molar-refractivity contribution in [3.05, 3.63) is 40.1 Å². The number of allylic oxidation sites excluding steroid dienone is 1. The zero-order chi connectivity index (χ0) is 12.8. The zero-order valence-corrected chi connectivity index (χ0v) is 10.3. The van der Waals surface area contributed by atoms with Crippen molar-refractivity contribution in [2.45, 2.75) is 32.1 Å². The van der Waals surface area contributed by atoms with Gasteiger partial charge in [-0.15, -0.1) is 0 Å². The van der Waals surface area contributed by atoms with Crippen molar-refractivity contribution in [3.63, 3.8) is 0 Å². The molecule has 0 saturated heterocycles. The Morgan fingerprint density at radius 1 is 1.44 bits per heavy atom. The van der Waals surface area contributed by atoms with Gasteiger partial charge in [-0.05, 0) is 54.1 Å².